The van der Waals surface area contributed by atoms with Crippen molar-refractivity contribution in [2.75, 3.05) is 19.3 Å². The van der Waals surface area contributed by atoms with Gasteiger partial charge in [0.05, 0.1) is 0 Å². The highest BCUT2D eigenvalue weighted by atomic mass is 15.1. The van der Waals surface area contributed by atoms with E-state index in [-0.39, 0.29) is 0 Å². The van der Waals surface area contributed by atoms with Crippen LogP contribution in [0.2, 0.25) is 0 Å². The van der Waals surface area contributed by atoms with E-state index in [1.54, 1.807) is 5.56 Å². The van der Waals surface area contributed by atoms with Crippen molar-refractivity contribution in [3.8, 4) is 0 Å². The molecular formula is C15H22N2. The fraction of sp³-hybridized carbons (Fsp3) is 0.600. The second kappa shape index (κ2) is 3.74. The normalized spacial score (nSPS) is 28.6. The van der Waals surface area contributed by atoms with Crippen LogP contribution in [0.15, 0.2) is 12.1 Å². The third-order valence-electron chi connectivity index (χ3n) is 4.41. The molecule has 0 amide bonds. The van der Waals surface area contributed by atoms with Gasteiger partial charge in [-0.05, 0) is 55.1 Å². The highest BCUT2D eigenvalue weighted by molar-refractivity contribution is 5.54. The van der Waals surface area contributed by atoms with Gasteiger partial charge in [0.1, 0.15) is 0 Å². The topological polar surface area (TPSA) is 29.3 Å². The molecule has 1 atom stereocenters. The van der Waals surface area contributed by atoms with Crippen LogP contribution in [0.4, 0.5) is 5.69 Å². The number of likely N-dealkylation sites (N-methyl/N-ethyl adjacent to an activating group) is 1. The summed E-state index contributed by atoms with van der Waals surface area (Å²) < 4.78 is 0. The maximum absolute atomic E-state index is 6.05. The molecule has 1 aliphatic carbocycles. The molecule has 2 nitrogen and oxygen atoms in total. The molecular weight excluding hydrogens is 208 g/mol. The Morgan fingerprint density at radius 2 is 2.00 bits per heavy atom. The molecule has 2 heteroatoms. The predicted octanol–water partition coefficient (Wildman–Crippen LogP) is 2.70. The maximum atomic E-state index is 6.05. The molecule has 1 aliphatic heterocycles. The molecule has 0 saturated heterocycles. The molecule has 2 aliphatic rings. The second-order valence-corrected chi connectivity index (χ2v) is 6.15. The van der Waals surface area contributed by atoms with Gasteiger partial charge >= 0.3 is 0 Å². The first-order valence-electron chi connectivity index (χ1n) is 6.69. The number of nitrogens with zero attached hydrogens (tertiary/aromatic N) is 1. The highest BCUT2D eigenvalue weighted by Crippen LogP contribution is 2.42. The molecule has 2 N–H and O–H groups in total. The van der Waals surface area contributed by atoms with Gasteiger partial charge in [0.2, 0.25) is 0 Å². The summed E-state index contributed by atoms with van der Waals surface area (Å²) in [5, 5.41) is 0. The fourth-order valence-corrected chi connectivity index (χ4v) is 3.95. The zero-order chi connectivity index (χ0) is 12.0. The van der Waals surface area contributed by atoms with Crippen molar-refractivity contribution in [1.29, 1.82) is 0 Å². The van der Waals surface area contributed by atoms with Crippen LogP contribution in [0.5, 0.6) is 0 Å². The van der Waals surface area contributed by atoms with Crippen molar-refractivity contribution < 1.29 is 0 Å². The van der Waals surface area contributed by atoms with E-state index in [9.17, 15) is 0 Å². The number of hydrogen-bond donors (Lipinski definition) is 1. The lowest BCUT2D eigenvalue weighted by atomic mass is 9.73. The zero-order valence-corrected chi connectivity index (χ0v) is 10.9. The number of anilines is 1. The first kappa shape index (κ1) is 11.1. The summed E-state index contributed by atoms with van der Waals surface area (Å²) in [5.74, 6) is 0. The van der Waals surface area contributed by atoms with Gasteiger partial charge < -0.3 is 10.6 Å². The van der Waals surface area contributed by atoms with Crippen molar-refractivity contribution in [1.82, 2.24) is 4.90 Å². The fourth-order valence-electron chi connectivity index (χ4n) is 3.95. The lowest BCUT2D eigenvalue weighted by molar-refractivity contribution is 0.213. The molecule has 17 heavy (non-hydrogen) atoms. The van der Waals surface area contributed by atoms with E-state index in [2.05, 4.69) is 31.0 Å². The number of nitrogen functional groups attached to an aromatic ring is 1. The van der Waals surface area contributed by atoms with Crippen LogP contribution in [-0.2, 0) is 18.4 Å². The minimum Gasteiger partial charge on any atom is -0.399 e. The Labute approximate surface area is 104 Å². The average molecular weight is 230 g/mol. The molecule has 3 rings (SSSR count). The van der Waals surface area contributed by atoms with Gasteiger partial charge in [0.25, 0.3) is 0 Å². The Bertz CT molecular complexity index is 452. The van der Waals surface area contributed by atoms with Gasteiger partial charge in [-0.2, -0.15) is 0 Å². The number of rotatable bonds is 0. The van der Waals surface area contributed by atoms with Crippen molar-refractivity contribution >= 4 is 5.69 Å². The van der Waals surface area contributed by atoms with Gasteiger partial charge in [-0.3, -0.25) is 0 Å². The third kappa shape index (κ3) is 1.75. The van der Waals surface area contributed by atoms with E-state index in [4.69, 9.17) is 5.73 Å². The molecule has 0 aromatic heterocycles. The van der Waals surface area contributed by atoms with Crippen LogP contribution < -0.4 is 5.73 Å². The van der Waals surface area contributed by atoms with Gasteiger partial charge in [0.15, 0.2) is 0 Å². The van der Waals surface area contributed by atoms with E-state index in [1.807, 2.05) is 0 Å². The Kier molecular flexibility index (Phi) is 2.44. The van der Waals surface area contributed by atoms with Gasteiger partial charge in [0, 0.05) is 24.2 Å². The van der Waals surface area contributed by atoms with E-state index >= 15 is 0 Å². The van der Waals surface area contributed by atoms with E-state index in [0.717, 1.165) is 12.2 Å². The largest absolute Gasteiger partial charge is 0.399 e. The Morgan fingerprint density at radius 3 is 2.82 bits per heavy atom. The summed E-state index contributed by atoms with van der Waals surface area (Å²) in [7, 11) is 2.22. The summed E-state index contributed by atoms with van der Waals surface area (Å²) >= 11 is 0. The van der Waals surface area contributed by atoms with Crippen molar-refractivity contribution in [3.63, 3.8) is 0 Å². The van der Waals surface area contributed by atoms with Crippen LogP contribution >= 0.6 is 0 Å². The lowest BCUT2D eigenvalue weighted by Gasteiger charge is -2.41. The first-order valence-corrected chi connectivity index (χ1v) is 6.69. The van der Waals surface area contributed by atoms with Gasteiger partial charge in [-0.15, -0.1) is 0 Å². The van der Waals surface area contributed by atoms with Crippen LogP contribution in [0.1, 0.15) is 42.9 Å². The number of hydrogen-bond acceptors (Lipinski definition) is 2. The molecule has 0 fully saturated rings. The van der Waals surface area contributed by atoms with Gasteiger partial charge in [-0.25, -0.2) is 0 Å². The zero-order valence-electron chi connectivity index (χ0n) is 10.9. The van der Waals surface area contributed by atoms with Crippen LogP contribution in [-0.4, -0.2) is 18.5 Å². The SMILES string of the molecule is CN1Cc2cc(N)cc3c2C(C)(CCCC3)C1. The molecule has 0 spiro atoms. The summed E-state index contributed by atoms with van der Waals surface area (Å²) in [4.78, 5) is 2.44. The van der Waals surface area contributed by atoms with Crippen LogP contribution in [0.25, 0.3) is 0 Å². The van der Waals surface area contributed by atoms with Crippen molar-refractivity contribution in [3.05, 3.63) is 28.8 Å². The number of nitrogens with two attached hydrogens (primary N) is 1. The molecule has 0 saturated carbocycles. The molecule has 0 radical (unpaired) electrons. The summed E-state index contributed by atoms with van der Waals surface area (Å²) in [5.41, 5.74) is 12.0. The molecule has 1 unspecified atom stereocenters. The Balaban J connectivity index is 2.22. The summed E-state index contributed by atoms with van der Waals surface area (Å²) in [6, 6.07) is 4.41. The molecule has 1 aromatic rings. The quantitative estimate of drug-likeness (QED) is 0.694. The van der Waals surface area contributed by atoms with Crippen LogP contribution in [0.3, 0.4) is 0 Å². The molecule has 92 valence electrons. The summed E-state index contributed by atoms with van der Waals surface area (Å²) in [6.07, 6.45) is 5.20. The number of benzene rings is 1. The smallest absolute Gasteiger partial charge is 0.0320 e. The Morgan fingerprint density at radius 1 is 1.24 bits per heavy atom. The minimum atomic E-state index is 0.349. The number of aryl methyl sites for hydroxylation is 1. The molecule has 0 bridgehead atoms. The highest BCUT2D eigenvalue weighted by Gasteiger charge is 2.37. The van der Waals surface area contributed by atoms with Gasteiger partial charge in [-0.1, -0.05) is 13.3 Å². The van der Waals surface area contributed by atoms with E-state index in [0.29, 0.717) is 5.41 Å². The van der Waals surface area contributed by atoms with E-state index < -0.39 is 0 Å². The second-order valence-electron chi connectivity index (χ2n) is 6.15. The van der Waals surface area contributed by atoms with Crippen molar-refractivity contribution in [2.24, 2.45) is 0 Å². The van der Waals surface area contributed by atoms with E-state index in [1.165, 1.54) is 43.4 Å². The average Bonchev–Trinajstić information content (AvgIpc) is 2.37. The minimum absolute atomic E-state index is 0.349. The third-order valence-corrected chi connectivity index (χ3v) is 4.41. The first-order chi connectivity index (χ1) is 8.08. The van der Waals surface area contributed by atoms with Crippen molar-refractivity contribution in [2.45, 2.75) is 44.6 Å². The maximum Gasteiger partial charge on any atom is 0.0320 e. The predicted molar refractivity (Wildman–Crippen MR) is 72.1 cm³/mol. The summed E-state index contributed by atoms with van der Waals surface area (Å²) in [6.45, 7) is 4.69. The van der Waals surface area contributed by atoms with Crippen LogP contribution in [0, 0.1) is 0 Å². The Hall–Kier alpha value is -1.02. The lowest BCUT2D eigenvalue weighted by Crippen LogP contribution is -2.42. The standard InChI is InChI=1S/C15H22N2/c1-15-6-4-3-5-11-7-13(16)8-12(14(11)15)9-17(2)10-15/h7-8H,3-6,9-10,16H2,1-2H3. The molecule has 1 heterocycles. The molecule has 1 aromatic carbocycles. The monoisotopic (exact) mass is 230 g/mol.